The second-order valence-electron chi connectivity index (χ2n) is 7.05. The van der Waals surface area contributed by atoms with Crippen LogP contribution < -0.4 is 15.4 Å². The number of thiazole rings is 1. The Kier molecular flexibility index (Phi) is 10.3. The zero-order valence-corrected chi connectivity index (χ0v) is 20.4. The summed E-state index contributed by atoms with van der Waals surface area (Å²) in [5.74, 6) is 1.11. The maximum absolute atomic E-state index is 12.7. The van der Waals surface area contributed by atoms with Gasteiger partial charge in [0.2, 0.25) is 5.88 Å². The number of aromatic nitrogens is 2. The molecule has 0 unspecified atom stereocenters. The Bertz CT molecular complexity index is 840. The van der Waals surface area contributed by atoms with Gasteiger partial charge >= 0.3 is 6.18 Å². The maximum atomic E-state index is 12.7. The lowest BCUT2D eigenvalue weighted by Crippen LogP contribution is -2.36. The molecule has 31 heavy (non-hydrogen) atoms. The molecular formula is C20H27F3IN5OS. The highest BCUT2D eigenvalue weighted by Gasteiger charge is 2.33. The molecule has 0 amide bonds. The summed E-state index contributed by atoms with van der Waals surface area (Å²) in [6, 6.07) is 3.76. The summed E-state index contributed by atoms with van der Waals surface area (Å²) in [4.78, 5) is 12.4. The van der Waals surface area contributed by atoms with Crippen molar-refractivity contribution in [3.63, 3.8) is 0 Å². The normalized spacial score (nSPS) is 15.3. The van der Waals surface area contributed by atoms with Gasteiger partial charge in [-0.15, -0.1) is 35.3 Å². The van der Waals surface area contributed by atoms with Crippen molar-refractivity contribution in [3.8, 4) is 5.88 Å². The van der Waals surface area contributed by atoms with Crippen LogP contribution in [0.5, 0.6) is 5.88 Å². The van der Waals surface area contributed by atoms with Crippen LogP contribution in [0.4, 0.5) is 13.2 Å². The second kappa shape index (κ2) is 12.4. The van der Waals surface area contributed by atoms with E-state index in [1.54, 1.807) is 6.20 Å². The van der Waals surface area contributed by atoms with Crippen molar-refractivity contribution >= 4 is 41.3 Å². The molecule has 1 saturated carbocycles. The van der Waals surface area contributed by atoms with Crippen LogP contribution in [-0.4, -0.2) is 28.6 Å². The van der Waals surface area contributed by atoms with Crippen LogP contribution in [0.1, 0.15) is 55.3 Å². The number of guanidine groups is 1. The lowest BCUT2D eigenvalue weighted by molar-refractivity contribution is -0.140. The summed E-state index contributed by atoms with van der Waals surface area (Å²) in [7, 11) is 0. The Balaban J connectivity index is 0.00000341. The van der Waals surface area contributed by atoms with E-state index in [4.69, 9.17) is 4.74 Å². The van der Waals surface area contributed by atoms with E-state index >= 15 is 0 Å². The highest BCUT2D eigenvalue weighted by atomic mass is 127. The van der Waals surface area contributed by atoms with E-state index in [1.165, 1.54) is 19.3 Å². The van der Waals surface area contributed by atoms with Crippen molar-refractivity contribution in [1.29, 1.82) is 0 Å². The molecule has 2 aromatic rings. The first-order valence-corrected chi connectivity index (χ1v) is 11.0. The van der Waals surface area contributed by atoms with Crippen LogP contribution in [-0.2, 0) is 19.3 Å². The standard InChI is InChI=1S/C20H26F3N5OS.HI/c1-2-24-19(27-12-18-28-16(13-30-18)20(21,22)23)26-11-14-8-9-25-17(10-14)29-15-6-4-3-5-7-15;/h8-10,13,15H,2-7,11-12H2,1H3,(H2,24,26,27);1H. The summed E-state index contributed by atoms with van der Waals surface area (Å²) < 4.78 is 44.0. The monoisotopic (exact) mass is 569 g/mol. The molecule has 3 rings (SSSR count). The molecule has 11 heteroatoms. The van der Waals surface area contributed by atoms with Crippen LogP contribution in [0.15, 0.2) is 28.7 Å². The lowest BCUT2D eigenvalue weighted by Gasteiger charge is -2.22. The van der Waals surface area contributed by atoms with E-state index in [9.17, 15) is 13.2 Å². The molecule has 2 heterocycles. The van der Waals surface area contributed by atoms with Gasteiger partial charge < -0.3 is 15.4 Å². The Morgan fingerprint density at radius 3 is 2.71 bits per heavy atom. The van der Waals surface area contributed by atoms with Gasteiger partial charge in [-0.2, -0.15) is 13.2 Å². The molecule has 0 atom stereocenters. The minimum atomic E-state index is -4.42. The summed E-state index contributed by atoms with van der Waals surface area (Å²) >= 11 is 0.968. The average Bonchev–Trinajstić information content (AvgIpc) is 3.21. The van der Waals surface area contributed by atoms with Crippen molar-refractivity contribution in [3.05, 3.63) is 40.0 Å². The Labute approximate surface area is 201 Å². The Hall–Kier alpha value is -1.63. The predicted molar refractivity (Wildman–Crippen MR) is 126 cm³/mol. The number of ether oxygens (including phenoxy) is 1. The second-order valence-corrected chi connectivity index (χ2v) is 8.00. The third-order valence-electron chi connectivity index (χ3n) is 4.65. The van der Waals surface area contributed by atoms with Gasteiger partial charge in [-0.3, -0.25) is 0 Å². The molecular weight excluding hydrogens is 542 g/mol. The first-order chi connectivity index (χ1) is 14.4. The van der Waals surface area contributed by atoms with Crippen LogP contribution in [0.2, 0.25) is 0 Å². The van der Waals surface area contributed by atoms with Crippen LogP contribution in [0.3, 0.4) is 0 Å². The lowest BCUT2D eigenvalue weighted by atomic mass is 9.98. The number of hydrogen-bond donors (Lipinski definition) is 2. The van der Waals surface area contributed by atoms with Gasteiger partial charge in [0, 0.05) is 24.2 Å². The molecule has 0 bridgehead atoms. The zero-order valence-electron chi connectivity index (χ0n) is 17.2. The minimum absolute atomic E-state index is 0. The smallest absolute Gasteiger partial charge is 0.434 e. The van der Waals surface area contributed by atoms with Crippen molar-refractivity contribution in [2.45, 2.75) is 64.4 Å². The Morgan fingerprint density at radius 2 is 2.03 bits per heavy atom. The van der Waals surface area contributed by atoms with E-state index < -0.39 is 11.9 Å². The van der Waals surface area contributed by atoms with Crippen molar-refractivity contribution < 1.29 is 17.9 Å². The molecule has 0 aliphatic heterocycles. The molecule has 2 N–H and O–H groups in total. The molecule has 1 aliphatic rings. The first-order valence-electron chi connectivity index (χ1n) is 10.1. The summed E-state index contributed by atoms with van der Waals surface area (Å²) in [5.41, 5.74) is 0.0788. The molecule has 0 saturated heterocycles. The molecule has 2 aromatic heterocycles. The van der Waals surface area contributed by atoms with Crippen molar-refractivity contribution in [2.75, 3.05) is 6.54 Å². The first kappa shape index (κ1) is 25.6. The van der Waals surface area contributed by atoms with Gasteiger partial charge in [0.05, 0.1) is 13.1 Å². The summed E-state index contributed by atoms with van der Waals surface area (Å²) in [5, 5.41) is 7.48. The fourth-order valence-corrected chi connectivity index (χ4v) is 3.90. The molecule has 0 spiro atoms. The topological polar surface area (TPSA) is 71.4 Å². The van der Waals surface area contributed by atoms with E-state index in [0.717, 1.165) is 35.1 Å². The maximum Gasteiger partial charge on any atom is 0.434 e. The summed E-state index contributed by atoms with van der Waals surface area (Å²) in [6.45, 7) is 3.11. The molecule has 0 aromatic carbocycles. The third kappa shape index (κ3) is 8.43. The third-order valence-corrected chi connectivity index (χ3v) is 5.50. The number of nitrogens with zero attached hydrogens (tertiary/aromatic N) is 3. The van der Waals surface area contributed by atoms with Crippen molar-refractivity contribution in [1.82, 2.24) is 20.6 Å². The molecule has 1 aliphatic carbocycles. The van der Waals surface area contributed by atoms with Gasteiger partial charge in [0.15, 0.2) is 11.7 Å². The number of nitrogens with one attached hydrogen (secondary N) is 2. The Morgan fingerprint density at radius 1 is 1.26 bits per heavy atom. The number of pyridine rings is 1. The van der Waals surface area contributed by atoms with Gasteiger partial charge in [-0.05, 0) is 44.2 Å². The zero-order chi connectivity index (χ0) is 21.4. The number of hydrogen-bond acceptors (Lipinski definition) is 5. The number of alkyl halides is 3. The van der Waals surface area contributed by atoms with E-state index in [-0.39, 0.29) is 36.6 Å². The summed E-state index contributed by atoms with van der Waals surface area (Å²) in [6.07, 6.45) is 3.27. The number of aliphatic imine (C=N–C) groups is 1. The van der Waals surface area contributed by atoms with Crippen LogP contribution >= 0.6 is 35.3 Å². The number of rotatable bonds is 7. The van der Waals surface area contributed by atoms with Gasteiger partial charge in [-0.25, -0.2) is 15.0 Å². The molecule has 6 nitrogen and oxygen atoms in total. The van der Waals surface area contributed by atoms with Gasteiger partial charge in [-0.1, -0.05) is 6.42 Å². The fourth-order valence-electron chi connectivity index (χ4n) is 3.16. The van der Waals surface area contributed by atoms with Gasteiger partial charge in [0.25, 0.3) is 0 Å². The largest absolute Gasteiger partial charge is 0.474 e. The average molecular weight is 569 g/mol. The SMILES string of the molecule is CCNC(=NCc1ccnc(OC2CCCCC2)c1)NCc1nc(C(F)(F)F)cs1.I. The molecule has 1 fully saturated rings. The van der Waals surface area contributed by atoms with Crippen LogP contribution in [0, 0.1) is 0 Å². The molecule has 172 valence electrons. The quantitative estimate of drug-likeness (QED) is 0.275. The molecule has 0 radical (unpaired) electrons. The predicted octanol–water partition coefficient (Wildman–Crippen LogP) is 5.14. The van der Waals surface area contributed by atoms with E-state index in [0.29, 0.717) is 29.9 Å². The number of halogens is 4. The van der Waals surface area contributed by atoms with E-state index in [1.807, 2.05) is 19.1 Å². The highest BCUT2D eigenvalue weighted by molar-refractivity contribution is 14.0. The van der Waals surface area contributed by atoms with E-state index in [2.05, 4.69) is 25.6 Å². The van der Waals surface area contributed by atoms with Crippen molar-refractivity contribution in [2.24, 2.45) is 4.99 Å². The van der Waals surface area contributed by atoms with Gasteiger partial charge in [0.1, 0.15) is 11.1 Å². The highest BCUT2D eigenvalue weighted by Crippen LogP contribution is 2.30. The fraction of sp³-hybridized carbons (Fsp3) is 0.550. The minimum Gasteiger partial charge on any atom is -0.474 e. The van der Waals surface area contributed by atoms with Crippen LogP contribution in [0.25, 0.3) is 0 Å².